The van der Waals surface area contributed by atoms with E-state index in [1.165, 1.54) is 12.8 Å². The van der Waals surface area contributed by atoms with Crippen LogP contribution in [-0.2, 0) is 16.1 Å². The molecule has 2 fully saturated rings. The highest BCUT2D eigenvalue weighted by Crippen LogP contribution is 2.39. The van der Waals surface area contributed by atoms with Crippen molar-refractivity contribution in [3.05, 3.63) is 29.8 Å². The van der Waals surface area contributed by atoms with Crippen molar-refractivity contribution < 1.29 is 14.6 Å². The quantitative estimate of drug-likeness (QED) is 0.805. The molecule has 0 radical (unpaired) electrons. The van der Waals surface area contributed by atoms with Crippen LogP contribution in [0.15, 0.2) is 24.3 Å². The molecule has 0 saturated carbocycles. The van der Waals surface area contributed by atoms with Gasteiger partial charge in [0.05, 0.1) is 0 Å². The minimum Gasteiger partial charge on any atom is -0.508 e. The number of phenols is 1. The molecule has 5 nitrogen and oxygen atoms in total. The first kappa shape index (κ1) is 18.2. The third kappa shape index (κ3) is 4.73. The lowest BCUT2D eigenvalue weighted by atomic mass is 9.73. The number of methoxy groups -OCH3 is 1. The van der Waals surface area contributed by atoms with Gasteiger partial charge >= 0.3 is 0 Å². The second-order valence-electron chi connectivity index (χ2n) is 7.65. The van der Waals surface area contributed by atoms with Gasteiger partial charge in [0.1, 0.15) is 5.75 Å². The minimum absolute atomic E-state index is 0.232. The molecule has 3 rings (SSSR count). The summed E-state index contributed by atoms with van der Waals surface area (Å²) in [5, 5.41) is 9.68. The monoisotopic (exact) mass is 346 g/mol. The van der Waals surface area contributed by atoms with Crippen molar-refractivity contribution in [2.24, 2.45) is 5.41 Å². The van der Waals surface area contributed by atoms with E-state index >= 15 is 0 Å². The highest BCUT2D eigenvalue weighted by molar-refractivity contribution is 5.77. The molecule has 2 heterocycles. The summed E-state index contributed by atoms with van der Waals surface area (Å²) in [5.74, 6) is 0.628. The van der Waals surface area contributed by atoms with Gasteiger partial charge in [-0.2, -0.15) is 0 Å². The predicted octanol–water partition coefficient (Wildman–Crippen LogP) is 2.63. The van der Waals surface area contributed by atoms with Crippen LogP contribution >= 0.6 is 0 Å². The number of aromatic hydroxyl groups is 1. The molecule has 1 spiro atoms. The van der Waals surface area contributed by atoms with Gasteiger partial charge in [0, 0.05) is 51.7 Å². The fourth-order valence-electron chi connectivity index (χ4n) is 4.40. The molecular weight excluding hydrogens is 316 g/mol. The van der Waals surface area contributed by atoms with Crippen LogP contribution < -0.4 is 0 Å². The van der Waals surface area contributed by atoms with Gasteiger partial charge in [-0.3, -0.25) is 9.69 Å². The number of ether oxygens (including phenoxy) is 1. The molecule has 2 aliphatic heterocycles. The van der Waals surface area contributed by atoms with E-state index in [4.69, 9.17) is 4.74 Å². The number of piperidine rings is 2. The Kier molecular flexibility index (Phi) is 5.97. The fraction of sp³-hybridized carbons (Fsp3) is 0.650. The molecule has 138 valence electrons. The van der Waals surface area contributed by atoms with Gasteiger partial charge in [-0.1, -0.05) is 12.1 Å². The maximum absolute atomic E-state index is 12.3. The number of likely N-dealkylation sites (tertiary alicyclic amines) is 2. The van der Waals surface area contributed by atoms with Crippen molar-refractivity contribution in [3.63, 3.8) is 0 Å². The van der Waals surface area contributed by atoms with Crippen LogP contribution in [0.2, 0.25) is 0 Å². The summed E-state index contributed by atoms with van der Waals surface area (Å²) in [6.45, 7) is 5.40. The van der Waals surface area contributed by atoms with Gasteiger partial charge in [-0.25, -0.2) is 0 Å². The smallest absolute Gasteiger partial charge is 0.222 e. The average Bonchev–Trinajstić information content (AvgIpc) is 2.59. The normalized spacial score (nSPS) is 24.8. The number of rotatable bonds is 6. The summed E-state index contributed by atoms with van der Waals surface area (Å²) in [5.41, 5.74) is 1.39. The highest BCUT2D eigenvalue weighted by atomic mass is 16.5. The van der Waals surface area contributed by atoms with Crippen LogP contribution in [0, 0.1) is 5.41 Å². The molecule has 5 heteroatoms. The Balaban J connectivity index is 1.61. The van der Waals surface area contributed by atoms with Crippen molar-refractivity contribution in [2.45, 2.75) is 38.6 Å². The molecule has 0 unspecified atom stereocenters. The Morgan fingerprint density at radius 3 is 2.96 bits per heavy atom. The number of benzene rings is 1. The Bertz CT molecular complexity index is 592. The number of nitrogens with zero attached hydrogens (tertiary/aromatic N) is 2. The molecule has 2 saturated heterocycles. The predicted molar refractivity (Wildman–Crippen MR) is 97.4 cm³/mol. The zero-order valence-corrected chi connectivity index (χ0v) is 15.2. The zero-order chi connectivity index (χ0) is 17.7. The third-order valence-electron chi connectivity index (χ3n) is 5.58. The van der Waals surface area contributed by atoms with Crippen LogP contribution in [0.1, 0.15) is 37.7 Å². The Morgan fingerprint density at radius 1 is 1.28 bits per heavy atom. The van der Waals surface area contributed by atoms with Gasteiger partial charge < -0.3 is 14.7 Å². The Morgan fingerprint density at radius 2 is 2.16 bits per heavy atom. The second kappa shape index (κ2) is 8.19. The van der Waals surface area contributed by atoms with Gasteiger partial charge in [-0.05, 0) is 49.9 Å². The van der Waals surface area contributed by atoms with Crippen molar-refractivity contribution in [3.8, 4) is 5.75 Å². The van der Waals surface area contributed by atoms with E-state index in [1.54, 1.807) is 13.2 Å². The van der Waals surface area contributed by atoms with E-state index in [0.717, 1.165) is 51.1 Å². The molecule has 1 N–H and O–H groups in total. The molecule has 25 heavy (non-hydrogen) atoms. The van der Waals surface area contributed by atoms with E-state index in [0.29, 0.717) is 24.7 Å². The molecule has 2 aliphatic rings. The van der Waals surface area contributed by atoms with E-state index < -0.39 is 0 Å². The molecule has 0 aliphatic carbocycles. The number of carbonyl (C=O) groups is 1. The van der Waals surface area contributed by atoms with Crippen molar-refractivity contribution >= 4 is 5.91 Å². The van der Waals surface area contributed by atoms with Crippen LogP contribution in [0.4, 0.5) is 0 Å². The van der Waals surface area contributed by atoms with E-state index in [9.17, 15) is 9.90 Å². The molecule has 1 aromatic rings. The van der Waals surface area contributed by atoms with Crippen molar-refractivity contribution in [1.29, 1.82) is 0 Å². The first-order valence-corrected chi connectivity index (χ1v) is 9.37. The van der Waals surface area contributed by atoms with Gasteiger partial charge in [0.25, 0.3) is 0 Å². The van der Waals surface area contributed by atoms with Gasteiger partial charge in [0.2, 0.25) is 5.91 Å². The summed E-state index contributed by atoms with van der Waals surface area (Å²) >= 11 is 0. The summed E-state index contributed by atoms with van der Waals surface area (Å²) in [7, 11) is 1.71. The lowest BCUT2D eigenvalue weighted by Gasteiger charge is -2.48. The topological polar surface area (TPSA) is 53.0 Å². The molecule has 0 aromatic heterocycles. The van der Waals surface area contributed by atoms with Crippen LogP contribution in [0.3, 0.4) is 0 Å². The molecule has 1 amide bonds. The van der Waals surface area contributed by atoms with E-state index in [1.807, 2.05) is 12.1 Å². The Labute approximate surface area is 150 Å². The minimum atomic E-state index is 0.232. The standard InChI is InChI=1S/C20H30N2O3/c1-25-12-4-11-22-16-20(9-7-19(22)24)8-3-10-21(15-20)14-17-5-2-6-18(23)13-17/h2,5-6,13,23H,3-4,7-12,14-16H2,1H3/t20-/m1/s1. The number of hydrogen-bond donors (Lipinski definition) is 1. The molecule has 1 aromatic carbocycles. The SMILES string of the molecule is COCCCN1C[C@]2(CCCN(Cc3cccc(O)c3)C2)CCC1=O. The fourth-order valence-corrected chi connectivity index (χ4v) is 4.40. The van der Waals surface area contributed by atoms with Crippen LogP contribution in [-0.4, -0.2) is 60.7 Å². The van der Waals surface area contributed by atoms with E-state index in [-0.39, 0.29) is 5.41 Å². The number of hydrogen-bond acceptors (Lipinski definition) is 4. The first-order valence-electron chi connectivity index (χ1n) is 9.37. The number of phenolic OH excluding ortho intramolecular Hbond substituents is 1. The maximum atomic E-state index is 12.3. The van der Waals surface area contributed by atoms with Crippen molar-refractivity contribution in [1.82, 2.24) is 9.80 Å². The van der Waals surface area contributed by atoms with Gasteiger partial charge in [0.15, 0.2) is 0 Å². The summed E-state index contributed by atoms with van der Waals surface area (Å²) in [6.07, 6.45) is 4.97. The van der Waals surface area contributed by atoms with Crippen LogP contribution in [0.5, 0.6) is 5.75 Å². The molecular formula is C20H30N2O3. The second-order valence-corrected chi connectivity index (χ2v) is 7.65. The lowest BCUT2D eigenvalue weighted by Crippen LogP contribution is -2.54. The highest BCUT2D eigenvalue weighted by Gasteiger charge is 2.41. The first-order chi connectivity index (χ1) is 12.1. The van der Waals surface area contributed by atoms with Gasteiger partial charge in [-0.15, -0.1) is 0 Å². The Hall–Kier alpha value is -1.59. The lowest BCUT2D eigenvalue weighted by molar-refractivity contribution is -0.139. The zero-order valence-electron chi connectivity index (χ0n) is 15.2. The van der Waals surface area contributed by atoms with Crippen LogP contribution in [0.25, 0.3) is 0 Å². The number of amides is 1. The average molecular weight is 346 g/mol. The van der Waals surface area contributed by atoms with Crippen molar-refractivity contribution in [2.75, 3.05) is 39.9 Å². The molecule has 1 atom stereocenters. The summed E-state index contributed by atoms with van der Waals surface area (Å²) < 4.78 is 5.13. The van der Waals surface area contributed by atoms with E-state index in [2.05, 4.69) is 15.9 Å². The summed E-state index contributed by atoms with van der Waals surface area (Å²) in [4.78, 5) is 16.8. The third-order valence-corrected chi connectivity index (χ3v) is 5.58. The molecule has 0 bridgehead atoms. The largest absolute Gasteiger partial charge is 0.508 e. The maximum Gasteiger partial charge on any atom is 0.222 e. The number of carbonyl (C=O) groups excluding carboxylic acids is 1. The summed E-state index contributed by atoms with van der Waals surface area (Å²) in [6, 6.07) is 7.54.